The average Bonchev–Trinajstić information content (AvgIpc) is 2.67. The van der Waals surface area contributed by atoms with Crippen molar-refractivity contribution in [2.45, 2.75) is 13.3 Å². The maximum absolute atomic E-state index is 13.0. The van der Waals surface area contributed by atoms with Gasteiger partial charge in [-0.15, -0.1) is 0 Å². The van der Waals surface area contributed by atoms with E-state index >= 15 is 0 Å². The molecule has 144 valence electrons. The molecule has 1 N–H and O–H groups in total. The first-order valence-electron chi connectivity index (χ1n) is 9.11. The lowest BCUT2D eigenvalue weighted by molar-refractivity contribution is -0.117. The van der Waals surface area contributed by atoms with Crippen molar-refractivity contribution in [3.8, 4) is 0 Å². The van der Waals surface area contributed by atoms with Crippen molar-refractivity contribution in [2.24, 2.45) is 10.9 Å². The summed E-state index contributed by atoms with van der Waals surface area (Å²) < 4.78 is 0. The maximum Gasteiger partial charge on any atom is 0.238 e. The molecular formula is C21H19Cl2N3O2. The van der Waals surface area contributed by atoms with Gasteiger partial charge in [-0.2, -0.15) is 0 Å². The topological polar surface area (TPSA) is 61.8 Å². The summed E-state index contributed by atoms with van der Waals surface area (Å²) in [5.74, 6) is -0.411. The van der Waals surface area contributed by atoms with Gasteiger partial charge in [-0.05, 0) is 43.2 Å². The number of hydrogen-bond donors (Lipinski definition) is 1. The number of carbonyl (C=O) groups is 2. The minimum atomic E-state index is -0.310. The first-order chi connectivity index (χ1) is 13.4. The molecule has 4 rings (SSSR count). The van der Waals surface area contributed by atoms with Gasteiger partial charge in [-0.25, -0.2) is 0 Å². The Bertz CT molecular complexity index is 1000. The Morgan fingerprint density at radius 3 is 2.79 bits per heavy atom. The third kappa shape index (κ3) is 3.58. The Labute approximate surface area is 173 Å². The lowest BCUT2D eigenvalue weighted by atomic mass is 9.84. The van der Waals surface area contributed by atoms with Crippen LogP contribution in [0.2, 0.25) is 10.0 Å². The molecule has 1 saturated heterocycles. The van der Waals surface area contributed by atoms with Crippen molar-refractivity contribution >= 4 is 52.0 Å². The zero-order valence-corrected chi connectivity index (χ0v) is 16.8. The molecule has 0 bridgehead atoms. The lowest BCUT2D eigenvalue weighted by Gasteiger charge is -2.35. The second kappa shape index (κ2) is 7.66. The van der Waals surface area contributed by atoms with Crippen LogP contribution in [0, 0.1) is 12.8 Å². The number of rotatable bonds is 3. The van der Waals surface area contributed by atoms with Gasteiger partial charge in [-0.1, -0.05) is 35.3 Å². The number of nitrogens with one attached hydrogen (secondary N) is 1. The van der Waals surface area contributed by atoms with E-state index in [1.807, 2.05) is 24.0 Å². The van der Waals surface area contributed by atoms with Gasteiger partial charge in [0.1, 0.15) is 0 Å². The van der Waals surface area contributed by atoms with E-state index < -0.39 is 0 Å². The largest absolute Gasteiger partial charge is 0.324 e. The van der Waals surface area contributed by atoms with Crippen molar-refractivity contribution in [3.05, 3.63) is 57.6 Å². The molecule has 0 radical (unpaired) electrons. The summed E-state index contributed by atoms with van der Waals surface area (Å²) in [7, 11) is 0. The van der Waals surface area contributed by atoms with Gasteiger partial charge in [0.05, 0.1) is 28.9 Å². The quantitative estimate of drug-likeness (QED) is 0.800. The summed E-state index contributed by atoms with van der Waals surface area (Å²) in [5.41, 5.74) is 3.60. The van der Waals surface area contributed by atoms with E-state index in [4.69, 9.17) is 28.2 Å². The fraction of sp³-hybridized carbons (Fsp3) is 0.286. The molecular weight excluding hydrogens is 397 g/mol. The standard InChI is InChI=1S/C21H19Cl2N3O2/c1-12-15(22)7-6-13-20(12)25-17-8-9-26(10-14(17)21(13)28)11-19(27)24-18-5-3-2-4-16(18)23/h2-7,14H,8-11H2,1H3,(H,24,27). The van der Waals surface area contributed by atoms with Crippen LogP contribution in [0.4, 0.5) is 11.4 Å². The molecule has 2 aliphatic heterocycles. The number of nitrogens with zero attached hydrogens (tertiary/aromatic N) is 2. The van der Waals surface area contributed by atoms with Crippen LogP contribution in [0.1, 0.15) is 22.3 Å². The minimum Gasteiger partial charge on any atom is -0.324 e. The van der Waals surface area contributed by atoms with E-state index in [2.05, 4.69) is 5.32 Å². The molecule has 2 heterocycles. The van der Waals surface area contributed by atoms with Crippen molar-refractivity contribution in [2.75, 3.05) is 25.0 Å². The summed E-state index contributed by atoms with van der Waals surface area (Å²) >= 11 is 12.3. The average molecular weight is 416 g/mol. The molecule has 28 heavy (non-hydrogen) atoms. The minimum absolute atomic E-state index is 0.0518. The zero-order valence-electron chi connectivity index (χ0n) is 15.3. The summed E-state index contributed by atoms with van der Waals surface area (Å²) in [6.07, 6.45) is 0.654. The molecule has 0 aromatic heterocycles. The molecule has 0 saturated carbocycles. The normalized spacial score (nSPS) is 18.9. The number of halogens is 2. The molecule has 7 heteroatoms. The number of piperidine rings is 1. The van der Waals surface area contributed by atoms with Crippen LogP contribution in [0.3, 0.4) is 0 Å². The Hall–Kier alpha value is -2.21. The van der Waals surface area contributed by atoms with Crippen molar-refractivity contribution < 1.29 is 9.59 Å². The summed E-state index contributed by atoms with van der Waals surface area (Å²) in [5, 5.41) is 3.94. The highest BCUT2D eigenvalue weighted by Crippen LogP contribution is 2.37. The number of hydrogen-bond acceptors (Lipinski definition) is 4. The third-order valence-electron chi connectivity index (χ3n) is 5.24. The molecule has 0 spiro atoms. The number of Topliss-reactive ketones (excluding diaryl/α,β-unsaturated/α-hetero) is 1. The van der Waals surface area contributed by atoms with Crippen molar-refractivity contribution in [1.29, 1.82) is 0 Å². The first kappa shape index (κ1) is 19.1. The van der Waals surface area contributed by atoms with Crippen LogP contribution >= 0.6 is 23.2 Å². The van der Waals surface area contributed by atoms with Gasteiger partial charge in [0, 0.05) is 29.4 Å². The summed E-state index contributed by atoms with van der Waals surface area (Å²) in [4.78, 5) is 32.2. The molecule has 0 aliphatic carbocycles. The van der Waals surface area contributed by atoms with E-state index in [0.717, 1.165) is 11.3 Å². The number of carbonyl (C=O) groups excluding carboxylic acids is 2. The fourth-order valence-corrected chi connectivity index (χ4v) is 4.05. The van der Waals surface area contributed by atoms with E-state index in [1.165, 1.54) is 0 Å². The van der Waals surface area contributed by atoms with E-state index in [9.17, 15) is 9.59 Å². The van der Waals surface area contributed by atoms with Gasteiger partial charge in [0.15, 0.2) is 5.78 Å². The number of amides is 1. The van der Waals surface area contributed by atoms with Crippen molar-refractivity contribution in [1.82, 2.24) is 4.90 Å². The Morgan fingerprint density at radius 1 is 1.21 bits per heavy atom. The predicted molar refractivity (Wildman–Crippen MR) is 112 cm³/mol. The number of aliphatic imine (C=N–C) groups is 1. The SMILES string of the molecule is Cc1c(Cl)ccc2c1N=C1CCN(CC(=O)Nc3ccccc3Cl)CC1C2=O. The number of anilines is 1. The molecule has 1 unspecified atom stereocenters. The Kier molecular flexibility index (Phi) is 5.23. The van der Waals surface area contributed by atoms with Gasteiger partial charge in [0.2, 0.25) is 5.91 Å². The van der Waals surface area contributed by atoms with Gasteiger partial charge < -0.3 is 5.32 Å². The van der Waals surface area contributed by atoms with Gasteiger partial charge >= 0.3 is 0 Å². The highest BCUT2D eigenvalue weighted by molar-refractivity contribution is 6.33. The van der Waals surface area contributed by atoms with Crippen LogP contribution < -0.4 is 5.32 Å². The molecule has 2 aromatic carbocycles. The van der Waals surface area contributed by atoms with E-state index in [-0.39, 0.29) is 24.2 Å². The van der Waals surface area contributed by atoms with Crippen LogP contribution in [-0.4, -0.2) is 41.9 Å². The number of ketones is 1. The third-order valence-corrected chi connectivity index (χ3v) is 5.98. The number of para-hydroxylation sites is 1. The Morgan fingerprint density at radius 2 is 2.00 bits per heavy atom. The molecule has 5 nitrogen and oxygen atoms in total. The van der Waals surface area contributed by atoms with Crippen LogP contribution in [-0.2, 0) is 4.79 Å². The number of benzene rings is 2. The molecule has 1 amide bonds. The number of likely N-dealkylation sites (tertiary alicyclic amines) is 1. The van der Waals surface area contributed by atoms with Gasteiger partial charge in [-0.3, -0.25) is 19.5 Å². The van der Waals surface area contributed by atoms with Crippen LogP contribution in [0.25, 0.3) is 0 Å². The fourth-order valence-electron chi connectivity index (χ4n) is 3.72. The molecule has 1 atom stereocenters. The van der Waals surface area contributed by atoms with E-state index in [0.29, 0.717) is 46.5 Å². The van der Waals surface area contributed by atoms with Crippen LogP contribution in [0.5, 0.6) is 0 Å². The summed E-state index contributed by atoms with van der Waals surface area (Å²) in [6, 6.07) is 10.6. The lowest BCUT2D eigenvalue weighted by Crippen LogP contribution is -2.47. The van der Waals surface area contributed by atoms with E-state index in [1.54, 1.807) is 24.3 Å². The number of fused-ring (bicyclic) bond motifs is 2. The molecule has 2 aromatic rings. The zero-order chi connectivity index (χ0) is 19.8. The summed E-state index contributed by atoms with van der Waals surface area (Å²) in [6.45, 7) is 3.24. The molecule has 1 fully saturated rings. The first-order valence-corrected chi connectivity index (χ1v) is 9.87. The monoisotopic (exact) mass is 415 g/mol. The highest BCUT2D eigenvalue weighted by atomic mass is 35.5. The van der Waals surface area contributed by atoms with Crippen LogP contribution in [0.15, 0.2) is 41.4 Å². The molecule has 2 aliphatic rings. The second-order valence-corrected chi connectivity index (χ2v) is 7.92. The second-order valence-electron chi connectivity index (χ2n) is 7.10. The van der Waals surface area contributed by atoms with Gasteiger partial charge in [0.25, 0.3) is 0 Å². The smallest absolute Gasteiger partial charge is 0.238 e. The predicted octanol–water partition coefficient (Wildman–Crippen LogP) is 4.53. The van der Waals surface area contributed by atoms with Crippen molar-refractivity contribution in [3.63, 3.8) is 0 Å². The maximum atomic E-state index is 13.0. The highest BCUT2D eigenvalue weighted by Gasteiger charge is 2.36. The Balaban J connectivity index is 1.47.